The number of hydrogen-bond acceptors (Lipinski definition) is 8. The van der Waals surface area contributed by atoms with Crippen molar-refractivity contribution in [1.29, 1.82) is 0 Å². The van der Waals surface area contributed by atoms with Gasteiger partial charge in [0.25, 0.3) is 0 Å². The molecular weight excluding hydrogens is 386 g/mol. The third kappa shape index (κ3) is 4.28. The van der Waals surface area contributed by atoms with E-state index in [1.807, 2.05) is 0 Å². The molecule has 0 saturated carbocycles. The van der Waals surface area contributed by atoms with Crippen LogP contribution in [0.1, 0.15) is 12.8 Å². The van der Waals surface area contributed by atoms with E-state index < -0.39 is 10.0 Å². The summed E-state index contributed by atoms with van der Waals surface area (Å²) >= 11 is 0. The minimum atomic E-state index is -3.76. The molecule has 10 heteroatoms. The third-order valence-electron chi connectivity index (χ3n) is 4.42. The van der Waals surface area contributed by atoms with E-state index in [0.29, 0.717) is 36.9 Å². The summed E-state index contributed by atoms with van der Waals surface area (Å²) in [6, 6.07) is 4.64. The van der Waals surface area contributed by atoms with Crippen LogP contribution in [0.3, 0.4) is 0 Å². The predicted molar refractivity (Wildman–Crippen MR) is 101 cm³/mol. The van der Waals surface area contributed by atoms with Crippen molar-refractivity contribution < 1.29 is 27.4 Å². The van der Waals surface area contributed by atoms with E-state index >= 15 is 0 Å². The first-order chi connectivity index (χ1) is 13.5. The Morgan fingerprint density at radius 2 is 1.86 bits per heavy atom. The maximum atomic E-state index is 13.2. The molecule has 0 bridgehead atoms. The van der Waals surface area contributed by atoms with Gasteiger partial charge in [-0.1, -0.05) is 0 Å². The van der Waals surface area contributed by atoms with Crippen LogP contribution >= 0.6 is 0 Å². The molecule has 2 aromatic rings. The average molecular weight is 409 g/mol. The molecule has 0 radical (unpaired) electrons. The summed E-state index contributed by atoms with van der Waals surface area (Å²) in [6.07, 6.45) is 3.99. The molecule has 9 nitrogen and oxygen atoms in total. The highest BCUT2D eigenvalue weighted by molar-refractivity contribution is 7.89. The zero-order valence-electron chi connectivity index (χ0n) is 16.0. The number of hydrogen-bond donors (Lipinski definition) is 0. The molecule has 1 atom stereocenters. The highest BCUT2D eigenvalue weighted by Crippen LogP contribution is 2.32. The van der Waals surface area contributed by atoms with Crippen LogP contribution < -0.4 is 18.9 Å². The van der Waals surface area contributed by atoms with Crippen molar-refractivity contribution in [3.8, 4) is 23.3 Å². The van der Waals surface area contributed by atoms with Crippen molar-refractivity contribution in [3.63, 3.8) is 0 Å². The van der Waals surface area contributed by atoms with Gasteiger partial charge in [-0.25, -0.2) is 8.42 Å². The lowest BCUT2D eigenvalue weighted by molar-refractivity contribution is 0.123. The van der Waals surface area contributed by atoms with Crippen molar-refractivity contribution in [1.82, 2.24) is 14.3 Å². The zero-order chi connectivity index (χ0) is 20.1. The second-order valence-corrected chi connectivity index (χ2v) is 8.07. The van der Waals surface area contributed by atoms with Crippen LogP contribution in [0.2, 0.25) is 0 Å². The van der Waals surface area contributed by atoms with Crippen molar-refractivity contribution in [2.24, 2.45) is 0 Å². The van der Waals surface area contributed by atoms with E-state index in [9.17, 15) is 8.42 Å². The summed E-state index contributed by atoms with van der Waals surface area (Å²) in [5.41, 5.74) is 0. The summed E-state index contributed by atoms with van der Waals surface area (Å²) in [4.78, 5) is 8.27. The van der Waals surface area contributed by atoms with Crippen LogP contribution in [0.4, 0.5) is 0 Å². The Hall–Kier alpha value is -2.59. The van der Waals surface area contributed by atoms with E-state index in [1.165, 1.54) is 44.1 Å². The monoisotopic (exact) mass is 409 g/mol. The number of ether oxygens (including phenoxy) is 4. The minimum absolute atomic E-state index is 0.0950. The zero-order valence-corrected chi connectivity index (χ0v) is 16.8. The molecule has 0 aliphatic carbocycles. The largest absolute Gasteiger partial charge is 0.497 e. The number of rotatable bonds is 7. The van der Waals surface area contributed by atoms with Crippen molar-refractivity contribution in [2.75, 3.05) is 34.4 Å². The number of sulfonamides is 1. The van der Waals surface area contributed by atoms with Gasteiger partial charge in [0.1, 0.15) is 22.5 Å². The molecule has 1 aliphatic rings. The SMILES string of the molecule is COc1ccc(S(=O)(=O)N2CCCC(Oc3cncc(OC)n3)C2)c(OC)c1. The lowest BCUT2D eigenvalue weighted by atomic mass is 10.1. The molecule has 2 heterocycles. The van der Waals surface area contributed by atoms with Crippen molar-refractivity contribution in [2.45, 2.75) is 23.8 Å². The van der Waals surface area contributed by atoms with Gasteiger partial charge in [0.15, 0.2) is 0 Å². The average Bonchev–Trinajstić information content (AvgIpc) is 2.73. The van der Waals surface area contributed by atoms with E-state index in [2.05, 4.69) is 9.97 Å². The molecular formula is C18H23N3O6S. The normalized spacial score (nSPS) is 17.8. The fourth-order valence-electron chi connectivity index (χ4n) is 3.00. The highest BCUT2D eigenvalue weighted by Gasteiger charge is 2.33. The molecule has 1 aromatic heterocycles. The maximum absolute atomic E-state index is 13.2. The van der Waals surface area contributed by atoms with Gasteiger partial charge in [-0.05, 0) is 25.0 Å². The topological polar surface area (TPSA) is 100 Å². The Bertz CT molecular complexity index is 921. The van der Waals surface area contributed by atoms with Gasteiger partial charge in [0.2, 0.25) is 21.8 Å². The lowest BCUT2D eigenvalue weighted by Gasteiger charge is -2.32. The van der Waals surface area contributed by atoms with Crippen LogP contribution in [0.25, 0.3) is 0 Å². The van der Waals surface area contributed by atoms with Crippen molar-refractivity contribution >= 4 is 10.0 Å². The number of nitrogens with zero attached hydrogens (tertiary/aromatic N) is 3. The fourth-order valence-corrected chi connectivity index (χ4v) is 4.65. The van der Waals surface area contributed by atoms with E-state index in [1.54, 1.807) is 12.1 Å². The first-order valence-corrected chi connectivity index (χ1v) is 10.2. The van der Waals surface area contributed by atoms with E-state index in [0.717, 1.165) is 0 Å². The van der Waals surface area contributed by atoms with Crippen LogP contribution in [-0.2, 0) is 10.0 Å². The van der Waals surface area contributed by atoms with Gasteiger partial charge >= 0.3 is 0 Å². The number of piperidine rings is 1. The standard InChI is InChI=1S/C18H23N3O6S/c1-24-13-6-7-16(15(9-13)25-2)28(22,23)21-8-4-5-14(12-21)27-18-11-19-10-17(20-18)26-3/h6-7,9-11,14H,4-5,8,12H2,1-3H3. The van der Waals surface area contributed by atoms with Crippen molar-refractivity contribution in [3.05, 3.63) is 30.6 Å². The molecule has 1 aliphatic heterocycles. The predicted octanol–water partition coefficient (Wildman–Crippen LogP) is 1.73. The molecule has 0 N–H and O–H groups in total. The minimum Gasteiger partial charge on any atom is -0.497 e. The van der Waals surface area contributed by atoms with Crippen LogP contribution in [0, 0.1) is 0 Å². The van der Waals surface area contributed by atoms with E-state index in [4.69, 9.17) is 18.9 Å². The Labute approximate surface area is 164 Å². The van der Waals surface area contributed by atoms with Crippen LogP contribution in [-0.4, -0.2) is 63.2 Å². The van der Waals surface area contributed by atoms with Gasteiger partial charge in [-0.3, -0.25) is 4.98 Å². The first-order valence-electron chi connectivity index (χ1n) is 8.72. The first kappa shape index (κ1) is 20.2. The summed E-state index contributed by atoms with van der Waals surface area (Å²) < 4.78 is 49.0. The van der Waals surface area contributed by atoms with Gasteiger partial charge in [-0.2, -0.15) is 9.29 Å². The Morgan fingerprint density at radius 1 is 1.07 bits per heavy atom. The van der Waals surface area contributed by atoms with Crippen LogP contribution in [0.5, 0.6) is 23.3 Å². The maximum Gasteiger partial charge on any atom is 0.246 e. The highest BCUT2D eigenvalue weighted by atomic mass is 32.2. The second kappa shape index (κ2) is 8.61. The molecule has 1 saturated heterocycles. The van der Waals surface area contributed by atoms with Gasteiger partial charge in [-0.15, -0.1) is 0 Å². The molecule has 1 unspecified atom stereocenters. The Balaban J connectivity index is 1.79. The molecule has 28 heavy (non-hydrogen) atoms. The summed E-state index contributed by atoms with van der Waals surface area (Å²) in [7, 11) is 0.674. The molecule has 0 spiro atoms. The number of aromatic nitrogens is 2. The van der Waals surface area contributed by atoms with E-state index in [-0.39, 0.29) is 23.3 Å². The molecule has 3 rings (SSSR count). The lowest BCUT2D eigenvalue weighted by Crippen LogP contribution is -2.44. The smallest absolute Gasteiger partial charge is 0.246 e. The summed E-state index contributed by atoms with van der Waals surface area (Å²) in [5.74, 6) is 1.39. The quantitative estimate of drug-likeness (QED) is 0.682. The third-order valence-corrected chi connectivity index (χ3v) is 6.32. The number of benzene rings is 1. The summed E-state index contributed by atoms with van der Waals surface area (Å²) in [5, 5.41) is 0. The van der Waals surface area contributed by atoms with Gasteiger partial charge in [0.05, 0.1) is 40.3 Å². The second-order valence-electron chi connectivity index (χ2n) is 6.16. The molecule has 1 aromatic carbocycles. The molecule has 1 fully saturated rings. The Morgan fingerprint density at radius 3 is 2.57 bits per heavy atom. The van der Waals surface area contributed by atoms with Crippen LogP contribution in [0.15, 0.2) is 35.5 Å². The van der Waals surface area contributed by atoms with Gasteiger partial charge < -0.3 is 18.9 Å². The Kier molecular flexibility index (Phi) is 6.20. The van der Waals surface area contributed by atoms with Gasteiger partial charge in [0, 0.05) is 12.6 Å². The summed E-state index contributed by atoms with van der Waals surface area (Å²) in [6.45, 7) is 0.609. The molecule has 152 valence electrons. The molecule has 0 amide bonds. The fraction of sp³-hybridized carbons (Fsp3) is 0.444. The number of methoxy groups -OCH3 is 3.